The molecule has 1 aliphatic rings. The van der Waals surface area contributed by atoms with Gasteiger partial charge in [0.1, 0.15) is 0 Å². The predicted octanol–water partition coefficient (Wildman–Crippen LogP) is 3.91. The van der Waals surface area contributed by atoms with Gasteiger partial charge in [-0.25, -0.2) is 0 Å². The summed E-state index contributed by atoms with van der Waals surface area (Å²) in [5.74, 6) is 1.37. The molecule has 1 saturated carbocycles. The normalized spacial score (nSPS) is 15.3. The van der Waals surface area contributed by atoms with Crippen LogP contribution in [0, 0.1) is 0 Å². The topological polar surface area (TPSA) is 54.7 Å². The molecule has 27 heavy (non-hydrogen) atoms. The Kier molecular flexibility index (Phi) is 11.3. The molecule has 0 amide bonds. The maximum Gasteiger partial charge on any atom is 0.193 e. The minimum absolute atomic E-state index is 0. The Hall–Kier alpha value is -0.830. The molecule has 0 saturated heterocycles. The monoisotopic (exact) mass is 491 g/mol. The SMILES string of the molecule is CCNC(=NCCCOC1CCCC1)N(C)Cc1cn(C)nc1C(C)C.I. The van der Waals surface area contributed by atoms with E-state index in [1.807, 2.05) is 11.7 Å². The predicted molar refractivity (Wildman–Crippen MR) is 123 cm³/mol. The summed E-state index contributed by atoms with van der Waals surface area (Å²) in [4.78, 5) is 6.96. The Morgan fingerprint density at radius 2 is 2.11 bits per heavy atom. The van der Waals surface area contributed by atoms with E-state index in [-0.39, 0.29) is 24.0 Å². The molecule has 1 aromatic rings. The van der Waals surface area contributed by atoms with E-state index in [1.54, 1.807) is 0 Å². The van der Waals surface area contributed by atoms with Gasteiger partial charge in [-0.3, -0.25) is 9.67 Å². The first-order chi connectivity index (χ1) is 12.5. The number of guanidine groups is 1. The van der Waals surface area contributed by atoms with E-state index in [4.69, 9.17) is 9.73 Å². The number of hydrogen-bond acceptors (Lipinski definition) is 3. The van der Waals surface area contributed by atoms with Crippen molar-refractivity contribution in [2.45, 2.75) is 71.4 Å². The van der Waals surface area contributed by atoms with Crippen molar-refractivity contribution >= 4 is 29.9 Å². The lowest BCUT2D eigenvalue weighted by Gasteiger charge is -2.22. The van der Waals surface area contributed by atoms with Crippen molar-refractivity contribution in [1.29, 1.82) is 0 Å². The summed E-state index contributed by atoms with van der Waals surface area (Å²) in [6, 6.07) is 0. The number of aromatic nitrogens is 2. The fourth-order valence-electron chi connectivity index (χ4n) is 3.52. The van der Waals surface area contributed by atoms with Gasteiger partial charge in [-0.2, -0.15) is 5.10 Å². The Bertz CT molecular complexity index is 567. The molecule has 1 heterocycles. The Balaban J connectivity index is 0.00000364. The lowest BCUT2D eigenvalue weighted by atomic mass is 10.1. The van der Waals surface area contributed by atoms with Crippen molar-refractivity contribution in [3.05, 3.63) is 17.5 Å². The van der Waals surface area contributed by atoms with Gasteiger partial charge in [-0.05, 0) is 32.1 Å². The van der Waals surface area contributed by atoms with E-state index in [0.29, 0.717) is 12.0 Å². The standard InChI is InChI=1S/C20H37N5O.HI/c1-6-21-20(22-12-9-13-26-18-10-7-8-11-18)24(4)14-17-15-25(5)23-19(17)16(2)3;/h15-16,18H,6-14H2,1-5H3,(H,21,22);1H. The molecular weight excluding hydrogens is 453 g/mol. The third-order valence-electron chi connectivity index (χ3n) is 4.81. The van der Waals surface area contributed by atoms with Crippen molar-refractivity contribution in [1.82, 2.24) is 20.0 Å². The van der Waals surface area contributed by atoms with Crippen LogP contribution in [0.1, 0.15) is 70.1 Å². The third-order valence-corrected chi connectivity index (χ3v) is 4.81. The average Bonchev–Trinajstić information content (AvgIpc) is 3.23. The molecule has 0 bridgehead atoms. The number of nitrogens with one attached hydrogen (secondary N) is 1. The van der Waals surface area contributed by atoms with Gasteiger partial charge in [0, 0.05) is 52.1 Å². The zero-order valence-corrected chi connectivity index (χ0v) is 20.0. The van der Waals surface area contributed by atoms with Gasteiger partial charge in [0.25, 0.3) is 0 Å². The molecule has 156 valence electrons. The molecule has 0 aromatic carbocycles. The van der Waals surface area contributed by atoms with Crippen LogP contribution in [0.5, 0.6) is 0 Å². The summed E-state index contributed by atoms with van der Waals surface area (Å²) in [5, 5.41) is 8.00. The second kappa shape index (κ2) is 12.6. The second-order valence-electron chi connectivity index (χ2n) is 7.59. The van der Waals surface area contributed by atoms with Gasteiger partial charge in [-0.15, -0.1) is 24.0 Å². The molecule has 0 aliphatic heterocycles. The number of halogens is 1. The van der Waals surface area contributed by atoms with Gasteiger partial charge >= 0.3 is 0 Å². The lowest BCUT2D eigenvalue weighted by Crippen LogP contribution is -2.38. The maximum atomic E-state index is 5.93. The molecule has 1 N–H and O–H groups in total. The first kappa shape index (κ1) is 24.2. The average molecular weight is 491 g/mol. The van der Waals surface area contributed by atoms with E-state index < -0.39 is 0 Å². The molecule has 0 atom stereocenters. The van der Waals surface area contributed by atoms with Crippen molar-refractivity contribution in [2.24, 2.45) is 12.0 Å². The van der Waals surface area contributed by atoms with E-state index in [2.05, 4.69) is 49.3 Å². The van der Waals surface area contributed by atoms with Gasteiger partial charge in [0.2, 0.25) is 0 Å². The van der Waals surface area contributed by atoms with Crippen LogP contribution in [-0.2, 0) is 18.3 Å². The lowest BCUT2D eigenvalue weighted by molar-refractivity contribution is 0.0579. The second-order valence-corrected chi connectivity index (χ2v) is 7.59. The molecule has 0 spiro atoms. The summed E-state index contributed by atoms with van der Waals surface area (Å²) in [6.07, 6.45) is 8.70. The van der Waals surface area contributed by atoms with Crippen LogP contribution in [0.4, 0.5) is 0 Å². The highest BCUT2D eigenvalue weighted by atomic mass is 127. The minimum Gasteiger partial charge on any atom is -0.378 e. The summed E-state index contributed by atoms with van der Waals surface area (Å²) >= 11 is 0. The molecule has 0 unspecified atom stereocenters. The zero-order valence-electron chi connectivity index (χ0n) is 17.7. The molecule has 6 nitrogen and oxygen atoms in total. The zero-order chi connectivity index (χ0) is 18.9. The van der Waals surface area contributed by atoms with Gasteiger partial charge in [-0.1, -0.05) is 26.7 Å². The Morgan fingerprint density at radius 1 is 1.41 bits per heavy atom. The number of hydrogen-bond donors (Lipinski definition) is 1. The minimum atomic E-state index is 0. The molecule has 0 radical (unpaired) electrons. The van der Waals surface area contributed by atoms with E-state index in [0.717, 1.165) is 38.6 Å². The van der Waals surface area contributed by atoms with Gasteiger partial charge in [0.15, 0.2) is 5.96 Å². The fraction of sp³-hybridized carbons (Fsp3) is 0.800. The van der Waals surface area contributed by atoms with Crippen molar-refractivity contribution in [3.8, 4) is 0 Å². The molecule has 2 rings (SSSR count). The van der Waals surface area contributed by atoms with Gasteiger partial charge in [0.05, 0.1) is 11.8 Å². The first-order valence-corrected chi connectivity index (χ1v) is 10.1. The maximum absolute atomic E-state index is 5.93. The quantitative estimate of drug-likeness (QED) is 0.246. The van der Waals surface area contributed by atoms with Crippen LogP contribution in [0.15, 0.2) is 11.2 Å². The summed E-state index contributed by atoms with van der Waals surface area (Å²) in [7, 11) is 4.08. The molecule has 1 aliphatic carbocycles. The first-order valence-electron chi connectivity index (χ1n) is 10.1. The number of rotatable bonds is 9. The molecule has 7 heteroatoms. The van der Waals surface area contributed by atoms with Gasteiger partial charge < -0.3 is 15.0 Å². The van der Waals surface area contributed by atoms with E-state index in [1.165, 1.54) is 36.9 Å². The summed E-state index contributed by atoms with van der Waals surface area (Å²) < 4.78 is 7.84. The molecule has 1 fully saturated rings. The van der Waals surface area contributed by atoms with Crippen LogP contribution >= 0.6 is 24.0 Å². The van der Waals surface area contributed by atoms with Crippen LogP contribution in [0.3, 0.4) is 0 Å². The Morgan fingerprint density at radius 3 is 2.74 bits per heavy atom. The van der Waals surface area contributed by atoms with E-state index in [9.17, 15) is 0 Å². The molecule has 1 aromatic heterocycles. The number of aryl methyl sites for hydroxylation is 1. The highest BCUT2D eigenvalue weighted by Crippen LogP contribution is 2.21. The largest absolute Gasteiger partial charge is 0.378 e. The highest BCUT2D eigenvalue weighted by molar-refractivity contribution is 14.0. The van der Waals surface area contributed by atoms with E-state index >= 15 is 0 Å². The van der Waals surface area contributed by atoms with Crippen LogP contribution in [0.2, 0.25) is 0 Å². The smallest absolute Gasteiger partial charge is 0.193 e. The highest BCUT2D eigenvalue weighted by Gasteiger charge is 2.16. The van der Waals surface area contributed by atoms with Crippen molar-refractivity contribution in [3.63, 3.8) is 0 Å². The molecular formula is C20H38IN5O. The fourth-order valence-corrected chi connectivity index (χ4v) is 3.52. The number of aliphatic imine (C=N–C) groups is 1. The number of ether oxygens (including phenoxy) is 1. The summed E-state index contributed by atoms with van der Waals surface area (Å²) in [6.45, 7) is 9.78. The summed E-state index contributed by atoms with van der Waals surface area (Å²) in [5.41, 5.74) is 2.43. The van der Waals surface area contributed by atoms with Crippen molar-refractivity contribution in [2.75, 3.05) is 26.7 Å². The Labute approximate surface area is 182 Å². The van der Waals surface area contributed by atoms with Crippen LogP contribution in [0.25, 0.3) is 0 Å². The van der Waals surface area contributed by atoms with Crippen LogP contribution < -0.4 is 5.32 Å². The third kappa shape index (κ3) is 7.97. The van der Waals surface area contributed by atoms with Crippen LogP contribution in [-0.4, -0.2) is 53.5 Å². The van der Waals surface area contributed by atoms with Crippen molar-refractivity contribution < 1.29 is 4.74 Å². The number of nitrogens with zero attached hydrogens (tertiary/aromatic N) is 4.